The Morgan fingerprint density at radius 1 is 1.37 bits per heavy atom. The van der Waals surface area contributed by atoms with Gasteiger partial charge in [-0.25, -0.2) is 0 Å². The second-order valence-electron chi connectivity index (χ2n) is 3.75. The molecule has 1 aromatic rings. The fraction of sp³-hybridized carbons (Fsp3) is 0.417. The van der Waals surface area contributed by atoms with Gasteiger partial charge in [0.2, 0.25) is 5.91 Å². The maximum Gasteiger partial charge on any atom is 0.573 e. The first-order chi connectivity index (χ1) is 8.83. The van der Waals surface area contributed by atoms with Crippen LogP contribution in [-0.4, -0.2) is 25.5 Å². The maximum atomic E-state index is 12.2. The molecule has 1 atom stereocenters. The minimum atomic E-state index is -4.76. The number of nitrogens with one attached hydrogen (secondary N) is 1. The number of carbonyl (C=O) groups is 1. The molecule has 106 valence electrons. The van der Waals surface area contributed by atoms with E-state index in [4.69, 9.17) is 4.74 Å². The van der Waals surface area contributed by atoms with Crippen LogP contribution < -0.4 is 10.1 Å². The summed E-state index contributed by atoms with van der Waals surface area (Å²) in [5.74, 6) is -0.746. The number of alkyl halides is 3. The molecular weight excluding hydrogens is 263 g/mol. The van der Waals surface area contributed by atoms with Crippen molar-refractivity contribution in [2.24, 2.45) is 0 Å². The van der Waals surface area contributed by atoms with Gasteiger partial charge in [-0.3, -0.25) is 4.79 Å². The molecule has 1 rings (SSSR count). The molecule has 0 bridgehead atoms. The Hall–Kier alpha value is -1.76. The van der Waals surface area contributed by atoms with Gasteiger partial charge in [0.15, 0.2) is 0 Å². The molecule has 7 heteroatoms. The average molecular weight is 277 g/mol. The fourth-order valence-electron chi connectivity index (χ4n) is 1.31. The minimum Gasteiger partial charge on any atom is -0.405 e. The van der Waals surface area contributed by atoms with E-state index in [1.807, 2.05) is 0 Å². The van der Waals surface area contributed by atoms with Gasteiger partial charge in [-0.1, -0.05) is 18.2 Å². The third kappa shape index (κ3) is 5.17. The summed E-state index contributed by atoms with van der Waals surface area (Å²) in [6, 6.07) is 5.61. The number of hydrogen-bond acceptors (Lipinski definition) is 3. The molecular formula is C12H14F3NO3. The summed E-state index contributed by atoms with van der Waals surface area (Å²) in [5, 5.41) is 2.46. The normalized spacial score (nSPS) is 12.9. The van der Waals surface area contributed by atoms with Crippen molar-refractivity contribution in [3.8, 4) is 5.75 Å². The van der Waals surface area contributed by atoms with Crippen LogP contribution >= 0.6 is 0 Å². The molecule has 0 heterocycles. The maximum absolute atomic E-state index is 12.2. The van der Waals surface area contributed by atoms with Crippen molar-refractivity contribution in [3.63, 3.8) is 0 Å². The van der Waals surface area contributed by atoms with Crippen LogP contribution in [0, 0.1) is 0 Å². The third-order valence-corrected chi connectivity index (χ3v) is 2.37. The molecule has 1 aromatic carbocycles. The van der Waals surface area contributed by atoms with Crippen molar-refractivity contribution < 1.29 is 27.4 Å². The van der Waals surface area contributed by atoms with Crippen LogP contribution in [0.5, 0.6) is 5.75 Å². The second-order valence-corrected chi connectivity index (χ2v) is 3.75. The first-order valence-electron chi connectivity index (χ1n) is 5.47. The smallest absolute Gasteiger partial charge is 0.405 e. The monoisotopic (exact) mass is 277 g/mol. The van der Waals surface area contributed by atoms with Crippen LogP contribution in [0.1, 0.15) is 12.5 Å². The van der Waals surface area contributed by atoms with E-state index in [1.54, 1.807) is 6.07 Å². The minimum absolute atomic E-state index is 0.0706. The lowest BCUT2D eigenvalue weighted by Crippen LogP contribution is -2.33. The Bertz CT molecular complexity index is 434. The highest BCUT2D eigenvalue weighted by Crippen LogP contribution is 2.26. The van der Waals surface area contributed by atoms with E-state index in [2.05, 4.69) is 10.1 Å². The van der Waals surface area contributed by atoms with Gasteiger partial charge >= 0.3 is 6.36 Å². The lowest BCUT2D eigenvalue weighted by molar-refractivity contribution is -0.274. The summed E-state index contributed by atoms with van der Waals surface area (Å²) >= 11 is 0. The molecule has 0 spiro atoms. The first kappa shape index (κ1) is 15.3. The van der Waals surface area contributed by atoms with Gasteiger partial charge in [-0.2, -0.15) is 0 Å². The Balaban J connectivity index is 2.71. The van der Waals surface area contributed by atoms with Gasteiger partial charge in [-0.15, -0.1) is 13.2 Å². The largest absolute Gasteiger partial charge is 0.573 e. The molecule has 0 radical (unpaired) electrons. The van der Waals surface area contributed by atoms with Crippen LogP contribution in [0.15, 0.2) is 24.3 Å². The first-order valence-corrected chi connectivity index (χ1v) is 5.47. The Morgan fingerprint density at radius 3 is 2.58 bits per heavy atom. The van der Waals surface area contributed by atoms with Gasteiger partial charge in [0, 0.05) is 19.2 Å². The highest BCUT2D eigenvalue weighted by Gasteiger charge is 2.32. The van der Waals surface area contributed by atoms with Crippen LogP contribution in [0.3, 0.4) is 0 Å². The summed E-state index contributed by atoms with van der Waals surface area (Å²) in [5.41, 5.74) is 0.233. The van der Waals surface area contributed by atoms with Crippen LogP contribution in [-0.2, 0) is 16.1 Å². The second kappa shape index (κ2) is 6.42. The van der Waals surface area contributed by atoms with Crippen molar-refractivity contribution in [3.05, 3.63) is 29.8 Å². The van der Waals surface area contributed by atoms with E-state index < -0.39 is 18.4 Å². The number of benzene rings is 1. The van der Waals surface area contributed by atoms with Gasteiger partial charge in [-0.05, 0) is 13.0 Å². The zero-order valence-corrected chi connectivity index (χ0v) is 10.5. The lowest BCUT2D eigenvalue weighted by Gasteiger charge is -2.14. The molecule has 0 aromatic heterocycles. The zero-order valence-electron chi connectivity index (χ0n) is 10.5. The van der Waals surface area contributed by atoms with Gasteiger partial charge in [0.25, 0.3) is 0 Å². The highest BCUT2D eigenvalue weighted by molar-refractivity contribution is 5.80. The molecule has 0 fully saturated rings. The highest BCUT2D eigenvalue weighted by atomic mass is 19.4. The number of carbonyl (C=O) groups excluding carboxylic acids is 1. The molecule has 0 aliphatic heterocycles. The number of amides is 1. The van der Waals surface area contributed by atoms with Gasteiger partial charge in [0.05, 0.1) is 0 Å². The molecule has 1 N–H and O–H groups in total. The standard InChI is InChI=1S/C12H14F3NO3/c1-8(18-2)11(17)16-7-9-5-3-4-6-10(9)19-12(13,14)15/h3-6,8H,7H2,1-2H3,(H,16,17). The Labute approximate surface area is 108 Å². The van der Waals surface area contributed by atoms with E-state index in [0.717, 1.165) is 0 Å². The molecule has 4 nitrogen and oxygen atoms in total. The summed E-state index contributed by atoms with van der Waals surface area (Å²) in [6.07, 6.45) is -5.43. The number of ether oxygens (including phenoxy) is 2. The summed E-state index contributed by atoms with van der Waals surface area (Å²) in [6.45, 7) is 1.46. The average Bonchev–Trinajstić information content (AvgIpc) is 2.34. The van der Waals surface area contributed by atoms with E-state index in [1.165, 1.54) is 32.2 Å². The van der Waals surface area contributed by atoms with Gasteiger partial charge in [0.1, 0.15) is 11.9 Å². The predicted molar refractivity (Wildman–Crippen MR) is 61.4 cm³/mol. The predicted octanol–water partition coefficient (Wildman–Crippen LogP) is 2.24. The van der Waals surface area contributed by atoms with Crippen molar-refractivity contribution >= 4 is 5.91 Å². The van der Waals surface area contributed by atoms with E-state index >= 15 is 0 Å². The van der Waals surface area contributed by atoms with E-state index in [0.29, 0.717) is 0 Å². The molecule has 1 unspecified atom stereocenters. The topological polar surface area (TPSA) is 47.6 Å². The lowest BCUT2D eigenvalue weighted by atomic mass is 10.2. The third-order valence-electron chi connectivity index (χ3n) is 2.37. The number of methoxy groups -OCH3 is 1. The molecule has 0 saturated heterocycles. The molecule has 19 heavy (non-hydrogen) atoms. The molecule has 1 amide bonds. The van der Waals surface area contributed by atoms with E-state index in [-0.39, 0.29) is 17.9 Å². The van der Waals surface area contributed by atoms with Crippen LogP contribution in [0.25, 0.3) is 0 Å². The molecule has 0 saturated carbocycles. The number of hydrogen-bond donors (Lipinski definition) is 1. The van der Waals surface area contributed by atoms with Gasteiger partial charge < -0.3 is 14.8 Å². The number of rotatable bonds is 5. The van der Waals surface area contributed by atoms with Crippen molar-refractivity contribution in [2.45, 2.75) is 25.9 Å². The fourth-order valence-corrected chi connectivity index (χ4v) is 1.31. The Kier molecular flexibility index (Phi) is 5.17. The summed E-state index contributed by atoms with van der Waals surface area (Å²) in [7, 11) is 1.37. The number of para-hydroxylation sites is 1. The SMILES string of the molecule is COC(C)C(=O)NCc1ccccc1OC(F)(F)F. The Morgan fingerprint density at radius 2 is 2.00 bits per heavy atom. The van der Waals surface area contributed by atoms with Crippen molar-refractivity contribution in [2.75, 3.05) is 7.11 Å². The zero-order chi connectivity index (χ0) is 14.5. The van der Waals surface area contributed by atoms with Crippen molar-refractivity contribution in [1.29, 1.82) is 0 Å². The summed E-state index contributed by atoms with van der Waals surface area (Å²) in [4.78, 5) is 11.4. The molecule has 0 aliphatic rings. The van der Waals surface area contributed by atoms with Crippen LogP contribution in [0.2, 0.25) is 0 Å². The van der Waals surface area contributed by atoms with E-state index in [9.17, 15) is 18.0 Å². The quantitative estimate of drug-likeness (QED) is 0.898. The van der Waals surface area contributed by atoms with Crippen LogP contribution in [0.4, 0.5) is 13.2 Å². The summed E-state index contributed by atoms with van der Waals surface area (Å²) < 4.78 is 45.2. The number of halogens is 3. The van der Waals surface area contributed by atoms with Crippen molar-refractivity contribution in [1.82, 2.24) is 5.32 Å². The molecule has 0 aliphatic carbocycles.